The average molecular weight is 295 g/mol. The van der Waals surface area contributed by atoms with Gasteiger partial charge in [-0.3, -0.25) is 0 Å². The van der Waals surface area contributed by atoms with Crippen LogP contribution < -0.4 is 10.5 Å². The zero-order valence-electron chi connectivity index (χ0n) is 12.0. The van der Waals surface area contributed by atoms with Crippen molar-refractivity contribution in [1.82, 2.24) is 0 Å². The molecule has 112 valence electrons. The molecular formula is C16H16F3NO. The molecule has 0 unspecified atom stereocenters. The summed E-state index contributed by atoms with van der Waals surface area (Å²) in [6.45, 7) is 5.77. The van der Waals surface area contributed by atoms with Crippen LogP contribution in [0.25, 0.3) is 0 Å². The third kappa shape index (κ3) is 3.29. The van der Waals surface area contributed by atoms with Crippen LogP contribution in [0.3, 0.4) is 0 Å². The van der Waals surface area contributed by atoms with Crippen LogP contribution in [0.2, 0.25) is 0 Å². The number of aryl methyl sites for hydroxylation is 2. The molecule has 0 aliphatic rings. The fraction of sp³-hybridized carbons (Fsp3) is 0.250. The summed E-state index contributed by atoms with van der Waals surface area (Å²) in [5, 5.41) is 0. The van der Waals surface area contributed by atoms with Gasteiger partial charge in [-0.25, -0.2) is 0 Å². The van der Waals surface area contributed by atoms with E-state index in [1.807, 2.05) is 32.9 Å². The number of hydrogen-bond donors (Lipinski definition) is 1. The molecule has 2 rings (SSSR count). The topological polar surface area (TPSA) is 35.2 Å². The van der Waals surface area contributed by atoms with Crippen LogP contribution in [0.5, 0.6) is 11.5 Å². The predicted molar refractivity (Wildman–Crippen MR) is 76.6 cm³/mol. The molecule has 0 saturated heterocycles. The van der Waals surface area contributed by atoms with Gasteiger partial charge in [0.1, 0.15) is 11.5 Å². The largest absolute Gasteiger partial charge is 0.455 e. The van der Waals surface area contributed by atoms with Crippen molar-refractivity contribution in [1.29, 1.82) is 0 Å². The van der Waals surface area contributed by atoms with Crippen molar-refractivity contribution in [3.63, 3.8) is 0 Å². The highest BCUT2D eigenvalue weighted by molar-refractivity contribution is 5.57. The molecule has 2 N–H and O–H groups in total. The molecule has 0 atom stereocenters. The number of rotatable bonds is 2. The summed E-state index contributed by atoms with van der Waals surface area (Å²) in [4.78, 5) is 0. The van der Waals surface area contributed by atoms with E-state index in [-0.39, 0.29) is 11.4 Å². The minimum Gasteiger partial charge on any atom is -0.455 e. The summed E-state index contributed by atoms with van der Waals surface area (Å²) in [7, 11) is 0. The van der Waals surface area contributed by atoms with Gasteiger partial charge >= 0.3 is 6.18 Å². The van der Waals surface area contributed by atoms with E-state index >= 15 is 0 Å². The van der Waals surface area contributed by atoms with Crippen molar-refractivity contribution >= 4 is 5.69 Å². The van der Waals surface area contributed by atoms with E-state index in [0.717, 1.165) is 28.8 Å². The third-order valence-corrected chi connectivity index (χ3v) is 3.32. The number of hydrogen-bond acceptors (Lipinski definition) is 2. The van der Waals surface area contributed by atoms with Crippen molar-refractivity contribution < 1.29 is 17.9 Å². The molecule has 2 aromatic rings. The second-order valence-electron chi connectivity index (χ2n) is 5.06. The fourth-order valence-electron chi connectivity index (χ4n) is 2.04. The molecule has 5 heteroatoms. The standard InChI is InChI=1S/C16H16F3NO/c1-9-6-10(2)11(3)15(7-9)21-14-5-4-12(8-13(14)20)16(17,18)19/h4-8H,20H2,1-3H3. The van der Waals surface area contributed by atoms with E-state index in [9.17, 15) is 13.2 Å². The molecule has 0 fully saturated rings. The summed E-state index contributed by atoms with van der Waals surface area (Å²) < 4.78 is 43.5. The Labute approximate surface area is 121 Å². The van der Waals surface area contributed by atoms with Crippen molar-refractivity contribution in [2.75, 3.05) is 5.73 Å². The predicted octanol–water partition coefficient (Wildman–Crippen LogP) is 5.01. The minimum atomic E-state index is -4.41. The zero-order valence-corrected chi connectivity index (χ0v) is 12.0. The first kappa shape index (κ1) is 15.2. The smallest absolute Gasteiger partial charge is 0.416 e. The molecule has 21 heavy (non-hydrogen) atoms. The number of ether oxygens (including phenoxy) is 1. The number of anilines is 1. The molecule has 0 aromatic heterocycles. The van der Waals surface area contributed by atoms with Gasteiger partial charge in [0.15, 0.2) is 0 Å². The normalized spacial score (nSPS) is 11.5. The number of benzene rings is 2. The van der Waals surface area contributed by atoms with Gasteiger partial charge in [0.25, 0.3) is 0 Å². The molecule has 0 saturated carbocycles. The lowest BCUT2D eigenvalue weighted by Gasteiger charge is -2.15. The Kier molecular flexibility index (Phi) is 3.85. The Bertz CT molecular complexity index is 678. The summed E-state index contributed by atoms with van der Waals surface area (Å²) in [6.07, 6.45) is -4.41. The van der Waals surface area contributed by atoms with Crippen molar-refractivity contribution in [3.05, 3.63) is 52.6 Å². The highest BCUT2D eigenvalue weighted by Crippen LogP contribution is 2.36. The van der Waals surface area contributed by atoms with Crippen LogP contribution in [0.1, 0.15) is 22.3 Å². The van der Waals surface area contributed by atoms with Crippen LogP contribution in [-0.2, 0) is 6.18 Å². The van der Waals surface area contributed by atoms with E-state index in [0.29, 0.717) is 5.75 Å². The quantitative estimate of drug-likeness (QED) is 0.791. The van der Waals surface area contributed by atoms with Crippen LogP contribution in [0.4, 0.5) is 18.9 Å². The second-order valence-corrected chi connectivity index (χ2v) is 5.06. The van der Waals surface area contributed by atoms with E-state index in [2.05, 4.69) is 0 Å². The monoisotopic (exact) mass is 295 g/mol. The summed E-state index contributed by atoms with van der Waals surface area (Å²) in [5.74, 6) is 0.815. The van der Waals surface area contributed by atoms with Crippen molar-refractivity contribution in [2.24, 2.45) is 0 Å². The van der Waals surface area contributed by atoms with Gasteiger partial charge in [0, 0.05) is 0 Å². The molecular weight excluding hydrogens is 279 g/mol. The molecule has 0 aliphatic carbocycles. The minimum absolute atomic E-state index is 0.0385. The van der Waals surface area contributed by atoms with E-state index in [1.54, 1.807) is 0 Å². The SMILES string of the molecule is Cc1cc(C)c(C)c(Oc2ccc(C(F)(F)F)cc2N)c1. The number of alkyl halides is 3. The lowest BCUT2D eigenvalue weighted by Crippen LogP contribution is -2.06. The Balaban J connectivity index is 2.37. The molecule has 0 spiro atoms. The maximum atomic E-state index is 12.6. The first-order valence-electron chi connectivity index (χ1n) is 6.41. The highest BCUT2D eigenvalue weighted by Gasteiger charge is 2.31. The van der Waals surface area contributed by atoms with Gasteiger partial charge in [0.05, 0.1) is 11.3 Å². The first-order chi connectivity index (χ1) is 9.68. The van der Waals surface area contributed by atoms with E-state index in [4.69, 9.17) is 10.5 Å². The van der Waals surface area contributed by atoms with E-state index < -0.39 is 11.7 Å². The van der Waals surface area contributed by atoms with Gasteiger partial charge in [-0.2, -0.15) is 13.2 Å². The van der Waals surface area contributed by atoms with Gasteiger partial charge in [-0.15, -0.1) is 0 Å². The molecule has 0 aliphatic heterocycles. The lowest BCUT2D eigenvalue weighted by atomic mass is 10.1. The molecule has 2 nitrogen and oxygen atoms in total. The fourth-order valence-corrected chi connectivity index (χ4v) is 2.04. The summed E-state index contributed by atoms with van der Waals surface area (Å²) in [6, 6.07) is 6.93. The Hall–Kier alpha value is -2.17. The Morgan fingerprint density at radius 3 is 2.19 bits per heavy atom. The maximum Gasteiger partial charge on any atom is 0.416 e. The Morgan fingerprint density at radius 2 is 1.62 bits per heavy atom. The average Bonchev–Trinajstić information content (AvgIpc) is 2.36. The van der Waals surface area contributed by atoms with Gasteiger partial charge in [-0.1, -0.05) is 6.07 Å². The molecule has 0 heterocycles. The second kappa shape index (κ2) is 5.31. The Morgan fingerprint density at radius 1 is 0.952 bits per heavy atom. The summed E-state index contributed by atoms with van der Waals surface area (Å²) >= 11 is 0. The van der Waals surface area contributed by atoms with Crippen molar-refractivity contribution in [3.8, 4) is 11.5 Å². The maximum absolute atomic E-state index is 12.6. The lowest BCUT2D eigenvalue weighted by molar-refractivity contribution is -0.137. The van der Waals surface area contributed by atoms with Gasteiger partial charge in [-0.05, 0) is 61.7 Å². The van der Waals surface area contributed by atoms with Crippen LogP contribution in [0, 0.1) is 20.8 Å². The van der Waals surface area contributed by atoms with Crippen LogP contribution in [0.15, 0.2) is 30.3 Å². The number of halogens is 3. The molecule has 2 aromatic carbocycles. The van der Waals surface area contributed by atoms with Crippen LogP contribution >= 0.6 is 0 Å². The summed E-state index contributed by atoms with van der Waals surface area (Å²) in [5.41, 5.74) is 7.84. The van der Waals surface area contributed by atoms with Crippen LogP contribution in [-0.4, -0.2) is 0 Å². The third-order valence-electron chi connectivity index (χ3n) is 3.32. The molecule has 0 amide bonds. The molecule has 0 bridgehead atoms. The van der Waals surface area contributed by atoms with Gasteiger partial charge in [0.2, 0.25) is 0 Å². The molecule has 0 radical (unpaired) electrons. The van der Waals surface area contributed by atoms with Crippen molar-refractivity contribution in [2.45, 2.75) is 26.9 Å². The van der Waals surface area contributed by atoms with Gasteiger partial charge < -0.3 is 10.5 Å². The van der Waals surface area contributed by atoms with E-state index in [1.165, 1.54) is 6.07 Å². The number of nitrogen functional groups attached to an aromatic ring is 1. The highest BCUT2D eigenvalue weighted by atomic mass is 19.4. The zero-order chi connectivity index (χ0) is 15.8. The first-order valence-corrected chi connectivity index (χ1v) is 6.41. The number of nitrogens with two attached hydrogens (primary N) is 1.